The van der Waals surface area contributed by atoms with Crippen molar-refractivity contribution in [2.75, 3.05) is 13.1 Å². The van der Waals surface area contributed by atoms with Crippen molar-refractivity contribution >= 4 is 23.7 Å². The van der Waals surface area contributed by atoms with Gasteiger partial charge in [0.2, 0.25) is 0 Å². The molecule has 21 heavy (non-hydrogen) atoms. The SMILES string of the molecule is N#CB1C(c2cccs2)=CCCN1CCc1ccccc1. The van der Waals surface area contributed by atoms with Gasteiger partial charge < -0.3 is 4.81 Å². The van der Waals surface area contributed by atoms with Crippen molar-refractivity contribution < 1.29 is 0 Å². The average Bonchev–Trinajstić information content (AvgIpc) is 3.07. The highest BCUT2D eigenvalue weighted by atomic mass is 32.1. The molecular weight excluding hydrogens is 275 g/mol. The summed E-state index contributed by atoms with van der Waals surface area (Å²) in [6.07, 6.45) is 4.26. The van der Waals surface area contributed by atoms with Gasteiger partial charge in [0.1, 0.15) is 0 Å². The number of nitrogens with zero attached hydrogens (tertiary/aromatic N) is 2. The average molecular weight is 292 g/mol. The first kappa shape index (κ1) is 14.1. The molecule has 1 aromatic carbocycles. The van der Waals surface area contributed by atoms with Gasteiger partial charge in [-0.1, -0.05) is 42.5 Å². The minimum atomic E-state index is -0.110. The standard InChI is InChI=1S/C17H17BN2S/c19-14-18-16(17-9-5-13-21-17)8-4-11-20(18)12-10-15-6-2-1-3-7-15/h1-3,5-9,13H,4,10-12H2. The summed E-state index contributed by atoms with van der Waals surface area (Å²) in [5.41, 5.74) is 2.52. The Kier molecular flexibility index (Phi) is 4.54. The van der Waals surface area contributed by atoms with E-state index >= 15 is 0 Å². The molecule has 0 saturated carbocycles. The molecule has 0 radical (unpaired) electrons. The van der Waals surface area contributed by atoms with Gasteiger partial charge in [0.25, 0.3) is 0 Å². The molecular formula is C17H17BN2S. The van der Waals surface area contributed by atoms with E-state index in [1.54, 1.807) is 11.3 Å². The molecule has 2 heterocycles. The first-order chi connectivity index (χ1) is 10.4. The van der Waals surface area contributed by atoms with Crippen LogP contribution in [-0.4, -0.2) is 24.7 Å². The molecule has 0 unspecified atom stereocenters. The lowest BCUT2D eigenvalue weighted by molar-refractivity contribution is 0.448. The summed E-state index contributed by atoms with van der Waals surface area (Å²) in [5.74, 6) is 2.49. The van der Waals surface area contributed by atoms with Crippen LogP contribution in [0, 0.1) is 11.2 Å². The third kappa shape index (κ3) is 3.26. The highest BCUT2D eigenvalue weighted by molar-refractivity contribution is 7.13. The largest absolute Gasteiger partial charge is 0.382 e. The van der Waals surface area contributed by atoms with Crippen LogP contribution in [0.1, 0.15) is 16.9 Å². The molecule has 0 amide bonds. The maximum Gasteiger partial charge on any atom is 0.382 e. The van der Waals surface area contributed by atoms with E-state index in [0.29, 0.717) is 0 Å². The summed E-state index contributed by atoms with van der Waals surface area (Å²) < 4.78 is 0. The number of thiophene rings is 1. The maximum atomic E-state index is 9.60. The molecule has 4 heteroatoms. The van der Waals surface area contributed by atoms with Crippen molar-refractivity contribution in [3.8, 4) is 5.97 Å². The van der Waals surface area contributed by atoms with E-state index in [0.717, 1.165) is 25.9 Å². The van der Waals surface area contributed by atoms with Crippen LogP contribution in [-0.2, 0) is 6.42 Å². The van der Waals surface area contributed by atoms with Gasteiger partial charge in [0.05, 0.1) is 0 Å². The Balaban J connectivity index is 1.72. The van der Waals surface area contributed by atoms with Crippen LogP contribution < -0.4 is 0 Å². The minimum Gasteiger partial charge on any atom is -0.325 e. The van der Waals surface area contributed by atoms with Gasteiger partial charge in [-0.2, -0.15) is 0 Å². The highest BCUT2D eigenvalue weighted by Crippen LogP contribution is 2.27. The smallest absolute Gasteiger partial charge is 0.325 e. The number of rotatable bonds is 4. The van der Waals surface area contributed by atoms with E-state index in [4.69, 9.17) is 0 Å². The molecule has 0 atom stereocenters. The molecule has 2 aromatic rings. The van der Waals surface area contributed by atoms with Gasteiger partial charge in [-0.25, -0.2) is 5.26 Å². The Labute approximate surface area is 130 Å². The molecule has 0 spiro atoms. The third-order valence-corrected chi connectivity index (χ3v) is 4.82. The molecule has 0 saturated heterocycles. The van der Waals surface area contributed by atoms with Crippen LogP contribution >= 0.6 is 11.3 Å². The second-order valence-electron chi connectivity index (χ2n) is 5.23. The van der Waals surface area contributed by atoms with Crippen LogP contribution in [0.3, 0.4) is 0 Å². The molecule has 1 aliphatic rings. The number of nitriles is 1. The number of hydrogen-bond donors (Lipinski definition) is 0. The van der Waals surface area contributed by atoms with Crippen molar-refractivity contribution in [3.63, 3.8) is 0 Å². The van der Waals surface area contributed by atoms with Gasteiger partial charge in [-0.15, -0.1) is 11.3 Å². The molecule has 1 aromatic heterocycles. The summed E-state index contributed by atoms with van der Waals surface area (Å²) in [6, 6.07) is 14.7. The summed E-state index contributed by atoms with van der Waals surface area (Å²) in [4.78, 5) is 3.54. The quantitative estimate of drug-likeness (QED) is 0.804. The van der Waals surface area contributed by atoms with E-state index < -0.39 is 0 Å². The molecule has 0 N–H and O–H groups in total. The summed E-state index contributed by atoms with van der Waals surface area (Å²) in [6.45, 7) is 1.80. The number of hydrogen-bond acceptors (Lipinski definition) is 3. The molecule has 104 valence electrons. The summed E-state index contributed by atoms with van der Waals surface area (Å²) >= 11 is 1.72. The lowest BCUT2D eigenvalue weighted by Crippen LogP contribution is -2.43. The monoisotopic (exact) mass is 292 g/mol. The van der Waals surface area contributed by atoms with E-state index in [9.17, 15) is 5.26 Å². The van der Waals surface area contributed by atoms with Crippen LogP contribution in [0.5, 0.6) is 0 Å². The fourth-order valence-electron chi connectivity index (χ4n) is 2.81. The van der Waals surface area contributed by atoms with E-state index in [1.807, 2.05) is 6.07 Å². The highest BCUT2D eigenvalue weighted by Gasteiger charge is 2.31. The molecule has 2 nitrogen and oxygen atoms in total. The molecule has 0 fully saturated rings. The Morgan fingerprint density at radius 2 is 2.05 bits per heavy atom. The van der Waals surface area contributed by atoms with Gasteiger partial charge in [-0.05, 0) is 48.4 Å². The maximum absolute atomic E-state index is 9.60. The Morgan fingerprint density at radius 1 is 1.19 bits per heavy atom. The zero-order valence-corrected chi connectivity index (χ0v) is 12.7. The molecule has 0 aliphatic carbocycles. The second-order valence-corrected chi connectivity index (χ2v) is 6.18. The van der Waals surface area contributed by atoms with Gasteiger partial charge in [-0.3, -0.25) is 0 Å². The minimum absolute atomic E-state index is 0.110. The first-order valence-corrected chi connectivity index (χ1v) is 8.18. The normalized spacial score (nSPS) is 15.6. The zero-order chi connectivity index (χ0) is 14.5. The summed E-state index contributed by atoms with van der Waals surface area (Å²) in [5, 5.41) is 11.7. The van der Waals surface area contributed by atoms with Crippen molar-refractivity contribution in [1.29, 1.82) is 5.26 Å². The van der Waals surface area contributed by atoms with Crippen molar-refractivity contribution in [1.82, 2.24) is 4.81 Å². The van der Waals surface area contributed by atoms with Crippen molar-refractivity contribution in [2.24, 2.45) is 0 Å². The van der Waals surface area contributed by atoms with E-state index in [-0.39, 0.29) is 6.85 Å². The Bertz CT molecular complexity index is 643. The Hall–Kier alpha value is -1.83. The van der Waals surface area contributed by atoms with Gasteiger partial charge in [0.15, 0.2) is 0 Å². The third-order valence-electron chi connectivity index (χ3n) is 3.90. The molecule has 1 aliphatic heterocycles. The van der Waals surface area contributed by atoms with Crippen molar-refractivity contribution in [2.45, 2.75) is 12.8 Å². The predicted octanol–water partition coefficient (Wildman–Crippen LogP) is 3.67. The van der Waals surface area contributed by atoms with E-state index in [2.05, 4.69) is 58.6 Å². The van der Waals surface area contributed by atoms with Gasteiger partial charge >= 0.3 is 6.85 Å². The fourth-order valence-corrected chi connectivity index (χ4v) is 3.60. The Morgan fingerprint density at radius 3 is 2.76 bits per heavy atom. The predicted molar refractivity (Wildman–Crippen MR) is 90.0 cm³/mol. The zero-order valence-electron chi connectivity index (χ0n) is 11.9. The van der Waals surface area contributed by atoms with Crippen LogP contribution in [0.2, 0.25) is 0 Å². The van der Waals surface area contributed by atoms with Crippen LogP contribution in [0.4, 0.5) is 0 Å². The lowest BCUT2D eigenvalue weighted by atomic mass is 9.52. The van der Waals surface area contributed by atoms with Gasteiger partial charge in [0, 0.05) is 10.8 Å². The fraction of sp³-hybridized carbons (Fsp3) is 0.235. The first-order valence-electron chi connectivity index (χ1n) is 7.30. The number of benzene rings is 1. The van der Waals surface area contributed by atoms with E-state index in [1.165, 1.54) is 15.9 Å². The van der Waals surface area contributed by atoms with Crippen molar-refractivity contribution in [3.05, 3.63) is 64.4 Å². The lowest BCUT2D eigenvalue weighted by Gasteiger charge is -2.29. The second kappa shape index (κ2) is 6.75. The van der Waals surface area contributed by atoms with Crippen LogP contribution in [0.15, 0.2) is 53.9 Å². The summed E-state index contributed by atoms with van der Waals surface area (Å²) in [7, 11) is 0. The molecule has 3 rings (SSSR count). The topological polar surface area (TPSA) is 27.0 Å². The molecule has 0 bridgehead atoms. The van der Waals surface area contributed by atoms with Crippen LogP contribution in [0.25, 0.3) is 5.47 Å².